The molecule has 2 aromatic rings. The summed E-state index contributed by atoms with van der Waals surface area (Å²) in [6, 6.07) is 5.04. The fourth-order valence-electron chi connectivity index (χ4n) is 1.45. The fraction of sp³-hybridized carbons (Fsp3) is 0.182. The van der Waals surface area contributed by atoms with Gasteiger partial charge in [-0.25, -0.2) is 17.9 Å². The second kappa shape index (κ2) is 5.39. The van der Waals surface area contributed by atoms with Gasteiger partial charge in [0.05, 0.1) is 17.0 Å². The Morgan fingerprint density at radius 1 is 1.45 bits per heavy atom. The molecule has 0 fully saturated rings. The van der Waals surface area contributed by atoms with Crippen LogP contribution >= 0.6 is 0 Å². The second-order valence-corrected chi connectivity index (χ2v) is 5.65. The molecule has 9 heteroatoms. The Balaban J connectivity index is 2.17. The molecule has 1 aromatic heterocycles. The molecule has 2 N–H and O–H groups in total. The number of hydrogen-bond acceptors (Lipinski definition) is 6. The first kappa shape index (κ1) is 14.2. The van der Waals surface area contributed by atoms with Crippen molar-refractivity contribution in [3.05, 3.63) is 41.5 Å². The van der Waals surface area contributed by atoms with Gasteiger partial charge in [0.1, 0.15) is 0 Å². The number of aromatic nitrogens is 2. The van der Waals surface area contributed by atoms with Gasteiger partial charge in [-0.2, -0.15) is 4.98 Å². The molecular formula is C11H11N3O5S. The van der Waals surface area contributed by atoms with Crippen LogP contribution in [0.25, 0.3) is 0 Å². The van der Waals surface area contributed by atoms with Crippen molar-refractivity contribution in [1.29, 1.82) is 0 Å². The second-order valence-electron chi connectivity index (χ2n) is 3.89. The van der Waals surface area contributed by atoms with Crippen molar-refractivity contribution in [3.63, 3.8) is 0 Å². The maximum absolute atomic E-state index is 12.0. The van der Waals surface area contributed by atoms with E-state index in [0.29, 0.717) is 5.89 Å². The third-order valence-electron chi connectivity index (χ3n) is 2.38. The molecule has 0 aliphatic heterocycles. The van der Waals surface area contributed by atoms with Gasteiger partial charge in [0.25, 0.3) is 0 Å². The van der Waals surface area contributed by atoms with Gasteiger partial charge in [-0.05, 0) is 18.2 Å². The number of benzene rings is 1. The van der Waals surface area contributed by atoms with Gasteiger partial charge in [0, 0.05) is 6.92 Å². The molecule has 0 atom stereocenters. The first-order valence-corrected chi connectivity index (χ1v) is 6.99. The molecule has 106 valence electrons. The quantitative estimate of drug-likeness (QED) is 0.826. The molecule has 2 rings (SSSR count). The van der Waals surface area contributed by atoms with E-state index in [1.165, 1.54) is 18.2 Å². The topological polar surface area (TPSA) is 122 Å². The number of hydrogen-bond donors (Lipinski definition) is 2. The highest BCUT2D eigenvalue weighted by Crippen LogP contribution is 2.12. The van der Waals surface area contributed by atoms with Crippen molar-refractivity contribution in [1.82, 2.24) is 14.9 Å². The fourth-order valence-corrected chi connectivity index (χ4v) is 2.48. The Morgan fingerprint density at radius 3 is 2.80 bits per heavy atom. The number of aromatic carboxylic acids is 1. The first-order chi connectivity index (χ1) is 9.38. The number of nitrogens with one attached hydrogen (secondary N) is 1. The van der Waals surface area contributed by atoms with Gasteiger partial charge >= 0.3 is 5.97 Å². The summed E-state index contributed by atoms with van der Waals surface area (Å²) >= 11 is 0. The third kappa shape index (κ3) is 3.19. The molecular weight excluding hydrogens is 286 g/mol. The smallest absolute Gasteiger partial charge is 0.335 e. The van der Waals surface area contributed by atoms with Gasteiger partial charge in [0.15, 0.2) is 5.82 Å². The highest BCUT2D eigenvalue weighted by atomic mass is 32.2. The Morgan fingerprint density at radius 2 is 2.20 bits per heavy atom. The zero-order valence-electron chi connectivity index (χ0n) is 10.4. The van der Waals surface area contributed by atoms with E-state index in [2.05, 4.69) is 14.9 Å². The lowest BCUT2D eigenvalue weighted by Crippen LogP contribution is -2.24. The van der Waals surface area contributed by atoms with Crippen LogP contribution in [0.4, 0.5) is 0 Å². The lowest BCUT2D eigenvalue weighted by atomic mass is 10.2. The van der Waals surface area contributed by atoms with E-state index in [0.717, 1.165) is 6.07 Å². The maximum atomic E-state index is 12.0. The number of aryl methyl sites for hydroxylation is 1. The molecule has 0 amide bonds. The van der Waals surface area contributed by atoms with Crippen LogP contribution in [0, 0.1) is 6.92 Å². The van der Waals surface area contributed by atoms with E-state index in [1.54, 1.807) is 6.92 Å². The molecule has 1 heterocycles. The molecule has 0 aliphatic carbocycles. The molecule has 0 unspecified atom stereocenters. The third-order valence-corrected chi connectivity index (χ3v) is 3.78. The monoisotopic (exact) mass is 297 g/mol. The zero-order chi connectivity index (χ0) is 14.8. The van der Waals surface area contributed by atoms with Crippen molar-refractivity contribution in [2.75, 3.05) is 0 Å². The molecule has 20 heavy (non-hydrogen) atoms. The SMILES string of the molecule is Cc1nc(CNS(=O)(=O)c2cccc(C(=O)O)c2)no1. The number of carbonyl (C=O) groups is 1. The summed E-state index contributed by atoms with van der Waals surface area (Å²) in [7, 11) is -3.84. The minimum absolute atomic E-state index is 0.108. The minimum atomic E-state index is -3.84. The van der Waals surface area contributed by atoms with E-state index in [9.17, 15) is 13.2 Å². The van der Waals surface area contributed by atoms with Gasteiger partial charge in [-0.1, -0.05) is 11.2 Å². The van der Waals surface area contributed by atoms with Crippen LogP contribution in [-0.4, -0.2) is 29.6 Å². The van der Waals surface area contributed by atoms with Crippen LogP contribution in [0.15, 0.2) is 33.7 Å². The van der Waals surface area contributed by atoms with Crippen LogP contribution in [0.1, 0.15) is 22.1 Å². The summed E-state index contributed by atoms with van der Waals surface area (Å²) in [6.07, 6.45) is 0. The van der Waals surface area contributed by atoms with E-state index in [1.807, 2.05) is 0 Å². The lowest BCUT2D eigenvalue weighted by molar-refractivity contribution is 0.0696. The Kier molecular flexibility index (Phi) is 3.81. The average Bonchev–Trinajstić information content (AvgIpc) is 2.82. The highest BCUT2D eigenvalue weighted by Gasteiger charge is 2.17. The average molecular weight is 297 g/mol. The van der Waals surface area contributed by atoms with E-state index < -0.39 is 16.0 Å². The van der Waals surface area contributed by atoms with Crippen molar-refractivity contribution in [3.8, 4) is 0 Å². The van der Waals surface area contributed by atoms with Gasteiger partial charge in [-0.15, -0.1) is 0 Å². The Labute approximate surface area is 114 Å². The van der Waals surface area contributed by atoms with Crippen molar-refractivity contribution < 1.29 is 22.8 Å². The largest absolute Gasteiger partial charge is 0.478 e. The number of carboxylic acids is 1. The molecule has 0 bridgehead atoms. The highest BCUT2D eigenvalue weighted by molar-refractivity contribution is 7.89. The van der Waals surface area contributed by atoms with E-state index in [-0.39, 0.29) is 22.8 Å². The number of carboxylic acid groups (broad SMARTS) is 1. The molecule has 0 saturated carbocycles. The molecule has 0 aliphatic rings. The van der Waals surface area contributed by atoms with Crippen LogP contribution < -0.4 is 4.72 Å². The summed E-state index contributed by atoms with van der Waals surface area (Å²) in [5.41, 5.74) is -0.108. The van der Waals surface area contributed by atoms with E-state index >= 15 is 0 Å². The van der Waals surface area contributed by atoms with Crippen LogP contribution in [0.5, 0.6) is 0 Å². The normalized spacial score (nSPS) is 11.4. The summed E-state index contributed by atoms with van der Waals surface area (Å²) in [6.45, 7) is 1.44. The molecule has 0 saturated heterocycles. The Hall–Kier alpha value is -2.26. The van der Waals surface area contributed by atoms with Crippen LogP contribution in [0.3, 0.4) is 0 Å². The molecule has 0 spiro atoms. The van der Waals surface area contributed by atoms with Crippen LogP contribution in [0.2, 0.25) is 0 Å². The van der Waals surface area contributed by atoms with Crippen LogP contribution in [-0.2, 0) is 16.6 Å². The van der Waals surface area contributed by atoms with Gasteiger partial charge < -0.3 is 9.63 Å². The van der Waals surface area contributed by atoms with Gasteiger partial charge in [0.2, 0.25) is 15.9 Å². The zero-order valence-corrected chi connectivity index (χ0v) is 11.2. The number of nitrogens with zero attached hydrogens (tertiary/aromatic N) is 2. The maximum Gasteiger partial charge on any atom is 0.335 e. The predicted molar refractivity (Wildman–Crippen MR) is 66.5 cm³/mol. The van der Waals surface area contributed by atoms with Crippen molar-refractivity contribution >= 4 is 16.0 Å². The van der Waals surface area contributed by atoms with E-state index in [4.69, 9.17) is 9.63 Å². The summed E-state index contributed by atoms with van der Waals surface area (Å²) in [5.74, 6) is -0.677. The number of sulfonamides is 1. The van der Waals surface area contributed by atoms with Gasteiger partial charge in [-0.3, -0.25) is 0 Å². The molecule has 0 radical (unpaired) electrons. The lowest BCUT2D eigenvalue weighted by Gasteiger charge is -2.05. The standard InChI is InChI=1S/C11H11N3O5S/c1-7-13-10(14-19-7)6-12-20(17,18)9-4-2-3-8(5-9)11(15)16/h2-5,12H,6H2,1H3,(H,15,16). The minimum Gasteiger partial charge on any atom is -0.478 e. The van der Waals surface area contributed by atoms with Crippen molar-refractivity contribution in [2.45, 2.75) is 18.4 Å². The summed E-state index contributed by atoms with van der Waals surface area (Å²) in [4.78, 5) is 14.5. The Bertz CT molecular complexity index is 738. The predicted octanol–water partition coefficient (Wildman–Crippen LogP) is 0.555. The van der Waals surface area contributed by atoms with Crippen molar-refractivity contribution in [2.24, 2.45) is 0 Å². The molecule has 8 nitrogen and oxygen atoms in total. The molecule has 1 aromatic carbocycles. The summed E-state index contributed by atoms with van der Waals surface area (Å²) in [5, 5.41) is 12.4. The first-order valence-electron chi connectivity index (χ1n) is 5.51. The summed E-state index contributed by atoms with van der Waals surface area (Å²) < 4.78 is 31.0. The number of rotatable bonds is 5.